The Kier molecular flexibility index (Phi) is 7.11. The Morgan fingerprint density at radius 2 is 1.85 bits per heavy atom. The zero-order valence-corrected chi connectivity index (χ0v) is 21.1. The second kappa shape index (κ2) is 10.6. The number of aryl methyl sites for hydroxylation is 1. The molecule has 1 aliphatic rings. The molecular weight excluding hydrogens is 515 g/mol. The van der Waals surface area contributed by atoms with Crippen LogP contribution in [0.5, 0.6) is 5.88 Å². The van der Waals surface area contributed by atoms with Crippen LogP contribution in [0.1, 0.15) is 11.3 Å². The summed E-state index contributed by atoms with van der Waals surface area (Å²) in [6, 6.07) is 5.04. The second-order valence-corrected chi connectivity index (χ2v) is 8.99. The first-order valence-corrected chi connectivity index (χ1v) is 12.0. The summed E-state index contributed by atoms with van der Waals surface area (Å²) in [7, 11) is 2.10. The lowest BCUT2D eigenvalue weighted by Gasteiger charge is -2.33. The zero-order valence-electron chi connectivity index (χ0n) is 21.1. The maximum absolute atomic E-state index is 12.9. The molecule has 0 aliphatic carbocycles. The molecule has 0 spiro atoms. The smallest absolute Gasteiger partial charge is 0.391 e. The highest BCUT2D eigenvalue weighted by molar-refractivity contribution is 5.86. The SMILES string of the molecule is Cc1ncc(NC(=O)Oc2cc(C(F)(F)F)ccn2)cc1-n1cc(-c2cncc(N3CCN(C)CC3)c2)nn1. The Morgan fingerprint density at radius 1 is 1.05 bits per heavy atom. The van der Waals surface area contributed by atoms with Crippen molar-refractivity contribution in [2.24, 2.45) is 0 Å². The molecule has 11 nitrogen and oxygen atoms in total. The Hall–Kier alpha value is -4.59. The normalized spacial score (nSPS) is 14.3. The van der Waals surface area contributed by atoms with Crippen molar-refractivity contribution < 1.29 is 22.7 Å². The number of halogens is 3. The second-order valence-electron chi connectivity index (χ2n) is 8.99. The fraction of sp³-hybridized carbons (Fsp3) is 0.280. The van der Waals surface area contributed by atoms with Gasteiger partial charge in [0.15, 0.2) is 0 Å². The lowest BCUT2D eigenvalue weighted by atomic mass is 10.2. The van der Waals surface area contributed by atoms with Gasteiger partial charge in [-0.3, -0.25) is 15.3 Å². The summed E-state index contributed by atoms with van der Waals surface area (Å²) in [5.41, 5.74) is 2.81. The van der Waals surface area contributed by atoms with Crippen LogP contribution >= 0.6 is 0 Å². The number of carbonyl (C=O) groups excluding carboxylic acids is 1. The molecule has 0 bridgehead atoms. The topological polar surface area (TPSA) is 114 Å². The van der Waals surface area contributed by atoms with Gasteiger partial charge in [0.25, 0.3) is 0 Å². The largest absolute Gasteiger partial charge is 0.418 e. The van der Waals surface area contributed by atoms with E-state index in [4.69, 9.17) is 4.74 Å². The lowest BCUT2D eigenvalue weighted by molar-refractivity contribution is -0.137. The van der Waals surface area contributed by atoms with E-state index in [1.807, 2.05) is 12.3 Å². The molecule has 14 heteroatoms. The van der Waals surface area contributed by atoms with Gasteiger partial charge in [-0.15, -0.1) is 5.10 Å². The Labute approximate surface area is 221 Å². The predicted molar refractivity (Wildman–Crippen MR) is 136 cm³/mol. The van der Waals surface area contributed by atoms with Crippen molar-refractivity contribution in [1.29, 1.82) is 0 Å². The monoisotopic (exact) mass is 539 g/mol. The molecule has 0 saturated carbocycles. The van der Waals surface area contributed by atoms with Crippen LogP contribution in [0, 0.1) is 6.92 Å². The third-order valence-electron chi connectivity index (χ3n) is 6.19. The average molecular weight is 540 g/mol. The molecule has 0 atom stereocenters. The molecule has 4 aromatic heterocycles. The van der Waals surface area contributed by atoms with Crippen molar-refractivity contribution in [3.63, 3.8) is 0 Å². The van der Waals surface area contributed by atoms with Crippen LogP contribution in [0.15, 0.2) is 55.2 Å². The van der Waals surface area contributed by atoms with E-state index >= 15 is 0 Å². The van der Waals surface area contributed by atoms with Crippen molar-refractivity contribution >= 4 is 17.5 Å². The molecule has 1 saturated heterocycles. The quantitative estimate of drug-likeness (QED) is 0.404. The van der Waals surface area contributed by atoms with Gasteiger partial charge in [0.2, 0.25) is 5.88 Å². The van der Waals surface area contributed by atoms with E-state index in [2.05, 4.69) is 47.4 Å². The third-order valence-corrected chi connectivity index (χ3v) is 6.19. The Morgan fingerprint density at radius 3 is 2.62 bits per heavy atom. The van der Waals surface area contributed by atoms with E-state index in [9.17, 15) is 18.0 Å². The molecule has 0 unspecified atom stereocenters. The minimum absolute atomic E-state index is 0.239. The summed E-state index contributed by atoms with van der Waals surface area (Å²) < 4.78 is 45.2. The van der Waals surface area contributed by atoms with Gasteiger partial charge in [-0.25, -0.2) is 14.5 Å². The van der Waals surface area contributed by atoms with E-state index in [0.717, 1.165) is 49.7 Å². The molecule has 4 aromatic rings. The van der Waals surface area contributed by atoms with Gasteiger partial charge < -0.3 is 14.5 Å². The number of hydrogen-bond acceptors (Lipinski definition) is 9. The number of rotatable bonds is 5. The van der Waals surface area contributed by atoms with Crippen LogP contribution in [0.2, 0.25) is 0 Å². The molecule has 1 N–H and O–H groups in total. The van der Waals surface area contributed by atoms with Gasteiger partial charge in [0.1, 0.15) is 5.69 Å². The molecule has 5 heterocycles. The van der Waals surface area contributed by atoms with Crippen molar-refractivity contribution in [3.8, 4) is 22.8 Å². The standard InChI is InChI=1S/C25H24F3N9O2/c1-16-22(11-19(13-31-16)32-24(38)39-23-10-18(3-4-30-23)25(26,27)28)37-15-21(33-34-37)17-9-20(14-29-12-17)36-7-5-35(2)6-8-36/h3-4,9-15H,5-8H2,1-2H3,(H,32,38). The van der Waals surface area contributed by atoms with Crippen LogP contribution in [-0.4, -0.2) is 74.2 Å². The number of ether oxygens (including phenoxy) is 1. The number of alkyl halides is 3. The summed E-state index contributed by atoms with van der Waals surface area (Å²) >= 11 is 0. The van der Waals surface area contributed by atoms with E-state index < -0.39 is 23.7 Å². The number of amides is 1. The number of nitrogens with zero attached hydrogens (tertiary/aromatic N) is 8. The first-order chi connectivity index (χ1) is 18.7. The van der Waals surface area contributed by atoms with Crippen molar-refractivity contribution in [1.82, 2.24) is 34.8 Å². The maximum atomic E-state index is 12.9. The number of anilines is 2. The fourth-order valence-electron chi connectivity index (χ4n) is 4.02. The number of nitrogens with one attached hydrogen (secondary N) is 1. The van der Waals surface area contributed by atoms with Crippen LogP contribution in [-0.2, 0) is 6.18 Å². The molecule has 1 amide bonds. The van der Waals surface area contributed by atoms with Crippen LogP contribution in [0.4, 0.5) is 29.3 Å². The summed E-state index contributed by atoms with van der Waals surface area (Å²) in [6.07, 6.45) is 1.96. The third kappa shape index (κ3) is 6.12. The van der Waals surface area contributed by atoms with E-state index in [0.29, 0.717) is 23.1 Å². The van der Waals surface area contributed by atoms with Crippen molar-refractivity contribution in [3.05, 3.63) is 66.5 Å². The van der Waals surface area contributed by atoms with Gasteiger partial charge >= 0.3 is 12.3 Å². The maximum Gasteiger partial charge on any atom is 0.418 e. The van der Waals surface area contributed by atoms with Crippen LogP contribution in [0.25, 0.3) is 16.9 Å². The highest BCUT2D eigenvalue weighted by atomic mass is 19.4. The van der Waals surface area contributed by atoms with Crippen LogP contribution in [0.3, 0.4) is 0 Å². The minimum Gasteiger partial charge on any atom is -0.391 e. The summed E-state index contributed by atoms with van der Waals surface area (Å²) in [5, 5.41) is 10.9. The first kappa shape index (κ1) is 26.0. The van der Waals surface area contributed by atoms with Gasteiger partial charge in [0.05, 0.1) is 46.9 Å². The van der Waals surface area contributed by atoms with Crippen molar-refractivity contribution in [2.45, 2.75) is 13.1 Å². The molecule has 5 rings (SSSR count). The fourth-order valence-corrected chi connectivity index (χ4v) is 4.02. The zero-order chi connectivity index (χ0) is 27.6. The summed E-state index contributed by atoms with van der Waals surface area (Å²) in [4.78, 5) is 29.2. The molecule has 1 fully saturated rings. The molecule has 202 valence electrons. The highest BCUT2D eigenvalue weighted by Gasteiger charge is 2.31. The average Bonchev–Trinajstić information content (AvgIpc) is 3.40. The molecule has 0 radical (unpaired) electrons. The molecule has 0 aromatic carbocycles. The minimum atomic E-state index is -4.59. The van der Waals surface area contributed by atoms with E-state index in [-0.39, 0.29) is 5.69 Å². The number of hydrogen-bond donors (Lipinski definition) is 1. The number of carbonyl (C=O) groups is 1. The molecular formula is C25H24F3N9O2. The first-order valence-electron chi connectivity index (χ1n) is 12.0. The summed E-state index contributed by atoms with van der Waals surface area (Å²) in [5.74, 6) is -0.490. The highest BCUT2D eigenvalue weighted by Crippen LogP contribution is 2.30. The number of likely N-dealkylation sites (N-methyl/N-ethyl adjacent to an activating group) is 1. The van der Waals surface area contributed by atoms with Gasteiger partial charge in [-0.05, 0) is 32.2 Å². The summed E-state index contributed by atoms with van der Waals surface area (Å²) in [6.45, 7) is 5.53. The predicted octanol–water partition coefficient (Wildman–Crippen LogP) is 3.81. The Balaban J connectivity index is 1.31. The number of piperazine rings is 1. The van der Waals surface area contributed by atoms with Gasteiger partial charge in [-0.1, -0.05) is 5.21 Å². The van der Waals surface area contributed by atoms with E-state index in [1.165, 1.54) is 10.9 Å². The van der Waals surface area contributed by atoms with Crippen molar-refractivity contribution in [2.75, 3.05) is 43.4 Å². The van der Waals surface area contributed by atoms with E-state index in [1.54, 1.807) is 25.4 Å². The number of aromatic nitrogens is 6. The lowest BCUT2D eigenvalue weighted by Crippen LogP contribution is -2.44. The number of pyridine rings is 3. The molecule has 39 heavy (non-hydrogen) atoms. The van der Waals surface area contributed by atoms with Gasteiger partial charge in [-0.2, -0.15) is 13.2 Å². The molecule has 1 aliphatic heterocycles. The van der Waals surface area contributed by atoms with Crippen LogP contribution < -0.4 is 15.0 Å². The van der Waals surface area contributed by atoms with Gasteiger partial charge in [0, 0.05) is 50.2 Å². The Bertz CT molecular complexity index is 1480.